The average Bonchev–Trinajstić information content (AvgIpc) is 3.67. The maximum absolute atomic E-state index is 3.38. The third-order valence-electron chi connectivity index (χ3n) is 8.31. The minimum Gasteiger partial charge on any atom is -1.00 e. The molecule has 0 aliphatic carbocycles. The summed E-state index contributed by atoms with van der Waals surface area (Å²) in [7, 11) is 0. The minimum atomic E-state index is 0. The average molecular weight is 712 g/mol. The Morgan fingerprint density at radius 2 is 0.812 bits per heavy atom. The molecule has 0 amide bonds. The monoisotopic (exact) mass is 710 g/mol. The molecule has 0 atom stereocenters. The summed E-state index contributed by atoms with van der Waals surface area (Å²) in [6.45, 7) is 15.7. The third-order valence-corrected chi connectivity index (χ3v) is 8.31. The van der Waals surface area contributed by atoms with Gasteiger partial charge in [0.15, 0.2) is 0 Å². The van der Waals surface area contributed by atoms with E-state index >= 15 is 0 Å². The number of rotatable bonds is 10. The van der Waals surface area contributed by atoms with Gasteiger partial charge in [-0.25, -0.2) is 0 Å². The second-order valence-corrected chi connectivity index (χ2v) is 12.1. The summed E-state index contributed by atoms with van der Waals surface area (Å²) in [6, 6.07) is 40.9. The Morgan fingerprint density at radius 3 is 1.12 bits per heavy atom. The SMILES string of the molecule is CCCc1ccc(-c2cccc3[cH-]c(CCC)cc23)cc1.CCCc1ccc(-c2cccc3[cH-]c(CCC)cc23)cc1.[CH2-]C[CH2-].[Cl-].[Cl-].[Ti+2]. The zero-order valence-corrected chi connectivity index (χ0v) is 32.5. The smallest absolute Gasteiger partial charge is 1.00 e. The molecule has 0 aliphatic heterocycles. The van der Waals surface area contributed by atoms with Gasteiger partial charge in [0.2, 0.25) is 0 Å². The van der Waals surface area contributed by atoms with Crippen molar-refractivity contribution in [1.82, 2.24) is 0 Å². The van der Waals surface area contributed by atoms with Crippen LogP contribution >= 0.6 is 0 Å². The summed E-state index contributed by atoms with van der Waals surface area (Å²) in [5.41, 5.74) is 11.2. The minimum absolute atomic E-state index is 0. The van der Waals surface area contributed by atoms with Gasteiger partial charge >= 0.3 is 21.7 Å². The molecule has 0 aliphatic rings. The van der Waals surface area contributed by atoms with Crippen molar-refractivity contribution in [2.45, 2.75) is 85.5 Å². The number of benzene rings is 4. The van der Waals surface area contributed by atoms with Gasteiger partial charge < -0.3 is 45.1 Å². The van der Waals surface area contributed by atoms with E-state index < -0.39 is 0 Å². The third kappa shape index (κ3) is 11.8. The molecular formula is C45H52Cl2Ti-4. The topological polar surface area (TPSA) is 0 Å². The van der Waals surface area contributed by atoms with E-state index in [0.717, 1.165) is 6.42 Å². The number of fused-ring (bicyclic) bond motifs is 2. The molecule has 0 heterocycles. The Balaban J connectivity index is 0.000000420. The Hall–Kier alpha value is -2.61. The van der Waals surface area contributed by atoms with Crippen molar-refractivity contribution in [3.05, 3.63) is 145 Å². The maximum atomic E-state index is 3.38. The van der Waals surface area contributed by atoms with Gasteiger partial charge in [0.1, 0.15) is 0 Å². The summed E-state index contributed by atoms with van der Waals surface area (Å²) in [5, 5.41) is 5.52. The first kappa shape index (κ1) is 43.4. The van der Waals surface area contributed by atoms with Gasteiger partial charge in [-0.1, -0.05) is 125 Å². The molecule has 0 unspecified atom stereocenters. The first-order chi connectivity index (χ1) is 22.0. The van der Waals surface area contributed by atoms with Gasteiger partial charge in [-0.2, -0.15) is 12.1 Å². The van der Waals surface area contributed by atoms with Gasteiger partial charge in [0.25, 0.3) is 0 Å². The van der Waals surface area contributed by atoms with Crippen molar-refractivity contribution < 1.29 is 46.5 Å². The molecule has 0 fully saturated rings. The quantitative estimate of drug-likeness (QED) is 0.103. The Morgan fingerprint density at radius 1 is 0.479 bits per heavy atom. The van der Waals surface area contributed by atoms with E-state index in [4.69, 9.17) is 0 Å². The molecule has 6 rings (SSSR count). The van der Waals surface area contributed by atoms with Crippen LogP contribution in [0.2, 0.25) is 0 Å². The molecule has 0 bridgehead atoms. The van der Waals surface area contributed by atoms with Crippen LogP contribution in [0.5, 0.6) is 0 Å². The van der Waals surface area contributed by atoms with Crippen LogP contribution in [0.15, 0.2) is 109 Å². The van der Waals surface area contributed by atoms with Crippen LogP contribution in [0.25, 0.3) is 43.8 Å². The Kier molecular flexibility index (Phi) is 20.7. The van der Waals surface area contributed by atoms with E-state index in [9.17, 15) is 0 Å². The van der Waals surface area contributed by atoms with Crippen LogP contribution in [-0.2, 0) is 47.4 Å². The molecular weight excluding hydrogens is 659 g/mol. The fraction of sp³-hybridized carbons (Fsp3) is 0.289. The summed E-state index contributed by atoms with van der Waals surface area (Å²) in [4.78, 5) is 0. The van der Waals surface area contributed by atoms with Crippen LogP contribution < -0.4 is 24.8 Å². The number of hydrogen-bond donors (Lipinski definition) is 0. The molecule has 254 valence electrons. The van der Waals surface area contributed by atoms with E-state index in [0.29, 0.717) is 0 Å². The first-order valence-electron chi connectivity index (χ1n) is 17.2. The van der Waals surface area contributed by atoms with Crippen LogP contribution in [-0.4, -0.2) is 0 Å². The standard InChI is InChI=1S/2C21H23.C3H6.2ClH.Ti/c2*1-3-6-16-10-12-18(13-11-16)20-9-5-8-19-14-17(7-4-2)15-21(19)20;1-3-2;;;/h2*5,8-15H,3-4,6-7H2,1-2H3;1-3H2;2*1H;/q2*-1;-2;;;+2/p-2. The Bertz CT molecular complexity index is 1590. The van der Waals surface area contributed by atoms with Gasteiger partial charge in [-0.05, 0) is 47.9 Å². The second-order valence-electron chi connectivity index (χ2n) is 12.1. The van der Waals surface area contributed by atoms with Crippen LogP contribution in [0, 0.1) is 13.8 Å². The molecule has 0 spiro atoms. The summed E-state index contributed by atoms with van der Waals surface area (Å²) >= 11 is 0. The zero-order chi connectivity index (χ0) is 32.0. The van der Waals surface area contributed by atoms with Crippen molar-refractivity contribution >= 4 is 21.5 Å². The maximum Gasteiger partial charge on any atom is 2.00 e. The van der Waals surface area contributed by atoms with E-state index in [2.05, 4.69) is 151 Å². The van der Waals surface area contributed by atoms with E-state index in [1.807, 2.05) is 0 Å². The number of halogens is 2. The fourth-order valence-corrected chi connectivity index (χ4v) is 6.24. The van der Waals surface area contributed by atoms with Crippen LogP contribution in [0.3, 0.4) is 0 Å². The van der Waals surface area contributed by atoms with Crippen molar-refractivity contribution in [1.29, 1.82) is 0 Å². The van der Waals surface area contributed by atoms with Gasteiger partial charge in [0.05, 0.1) is 0 Å². The van der Waals surface area contributed by atoms with Gasteiger partial charge in [-0.3, -0.25) is 0 Å². The molecule has 0 nitrogen and oxygen atoms in total. The zero-order valence-electron chi connectivity index (χ0n) is 29.4. The summed E-state index contributed by atoms with van der Waals surface area (Å²) in [6.07, 6.45) is 10.3. The molecule has 0 aromatic heterocycles. The van der Waals surface area contributed by atoms with E-state index in [-0.39, 0.29) is 46.5 Å². The molecule has 0 saturated carbocycles. The van der Waals surface area contributed by atoms with Crippen molar-refractivity contribution in [3.8, 4) is 22.3 Å². The molecule has 48 heavy (non-hydrogen) atoms. The van der Waals surface area contributed by atoms with Crippen molar-refractivity contribution in [2.24, 2.45) is 0 Å². The van der Waals surface area contributed by atoms with Crippen molar-refractivity contribution in [2.75, 3.05) is 0 Å². The predicted octanol–water partition coefficient (Wildman–Crippen LogP) is 7.31. The second kappa shape index (κ2) is 22.9. The Labute approximate surface area is 319 Å². The molecule has 3 heteroatoms. The molecule has 0 radical (unpaired) electrons. The molecule has 0 saturated heterocycles. The summed E-state index contributed by atoms with van der Waals surface area (Å²) < 4.78 is 0. The summed E-state index contributed by atoms with van der Waals surface area (Å²) in [5.74, 6) is 0. The predicted molar refractivity (Wildman–Crippen MR) is 201 cm³/mol. The van der Waals surface area contributed by atoms with Gasteiger partial charge in [0, 0.05) is 0 Å². The normalized spacial score (nSPS) is 10.1. The van der Waals surface area contributed by atoms with Crippen LogP contribution in [0.1, 0.15) is 82.1 Å². The largest absolute Gasteiger partial charge is 2.00 e. The van der Waals surface area contributed by atoms with E-state index in [1.165, 1.54) is 117 Å². The first-order valence-corrected chi connectivity index (χ1v) is 17.2. The molecule has 0 N–H and O–H groups in total. The number of aryl methyl sites for hydroxylation is 4. The molecule has 6 aromatic carbocycles. The molecule has 6 aromatic rings. The number of hydrogen-bond acceptors (Lipinski definition) is 0. The van der Waals surface area contributed by atoms with Crippen molar-refractivity contribution in [3.63, 3.8) is 0 Å². The van der Waals surface area contributed by atoms with Crippen LogP contribution in [0.4, 0.5) is 0 Å². The fourth-order valence-electron chi connectivity index (χ4n) is 6.24. The van der Waals surface area contributed by atoms with E-state index in [1.54, 1.807) is 0 Å². The van der Waals surface area contributed by atoms with Gasteiger partial charge in [-0.15, -0.1) is 69.1 Å².